The monoisotopic (exact) mass is 364 g/mol. The molecule has 0 atom stereocenters. The predicted molar refractivity (Wildman–Crippen MR) is 104 cm³/mol. The van der Waals surface area contributed by atoms with Crippen LogP contribution in [0.2, 0.25) is 0 Å². The van der Waals surface area contributed by atoms with Crippen LogP contribution in [-0.2, 0) is 9.63 Å². The molecule has 0 saturated heterocycles. The fourth-order valence-electron chi connectivity index (χ4n) is 2.53. The molecule has 0 aliphatic heterocycles. The number of amides is 1. The molecule has 0 radical (unpaired) electrons. The van der Waals surface area contributed by atoms with E-state index in [9.17, 15) is 9.59 Å². The molecule has 140 valence electrons. The summed E-state index contributed by atoms with van der Waals surface area (Å²) in [5, 5.41) is 4.14. The Morgan fingerprint density at radius 1 is 0.926 bits per heavy atom. The highest BCUT2D eigenvalue weighted by Gasteiger charge is 2.37. The molecule has 0 aromatic heterocycles. The Hall–Kier alpha value is -2.95. The molecule has 1 saturated carbocycles. The number of oxime groups is 1. The van der Waals surface area contributed by atoms with Crippen molar-refractivity contribution in [1.29, 1.82) is 0 Å². The summed E-state index contributed by atoms with van der Waals surface area (Å²) in [5.74, 6) is -0.226. The number of amidine groups is 1. The highest BCUT2D eigenvalue weighted by atomic mass is 16.7. The Bertz CT molecular complexity index is 835. The van der Waals surface area contributed by atoms with Crippen molar-refractivity contribution in [2.75, 3.05) is 0 Å². The van der Waals surface area contributed by atoms with Gasteiger partial charge in [0.05, 0.1) is 5.41 Å². The molecule has 0 spiro atoms. The minimum absolute atomic E-state index is 0.0602. The van der Waals surface area contributed by atoms with Crippen molar-refractivity contribution in [1.82, 2.24) is 4.90 Å². The van der Waals surface area contributed by atoms with Crippen LogP contribution in [0.5, 0.6) is 0 Å². The minimum atomic E-state index is -0.681. The molecule has 0 bridgehead atoms. The van der Waals surface area contributed by atoms with Crippen LogP contribution in [0.3, 0.4) is 0 Å². The molecule has 1 aliphatic carbocycles. The highest BCUT2D eigenvalue weighted by Crippen LogP contribution is 2.30. The summed E-state index contributed by atoms with van der Waals surface area (Å²) in [6, 6.07) is 18.5. The quantitative estimate of drug-likeness (QED) is 0.353. The number of hydrogen-bond donors (Lipinski definition) is 0. The molecule has 5 heteroatoms. The summed E-state index contributed by atoms with van der Waals surface area (Å²) < 4.78 is 0. The maximum atomic E-state index is 13.2. The Morgan fingerprint density at radius 2 is 1.44 bits per heavy atom. The van der Waals surface area contributed by atoms with E-state index in [4.69, 9.17) is 4.84 Å². The summed E-state index contributed by atoms with van der Waals surface area (Å²) in [6.07, 6.45) is 1.80. The molecule has 0 unspecified atom stereocenters. The van der Waals surface area contributed by atoms with E-state index in [-0.39, 0.29) is 11.9 Å². The lowest BCUT2D eigenvalue weighted by molar-refractivity contribution is -0.153. The van der Waals surface area contributed by atoms with Gasteiger partial charge in [-0.25, -0.2) is 4.79 Å². The first-order valence-corrected chi connectivity index (χ1v) is 9.11. The summed E-state index contributed by atoms with van der Waals surface area (Å²) >= 11 is 0. The van der Waals surface area contributed by atoms with E-state index in [0.717, 1.165) is 18.4 Å². The summed E-state index contributed by atoms with van der Waals surface area (Å²) in [7, 11) is 0. The summed E-state index contributed by atoms with van der Waals surface area (Å²) in [5.41, 5.74) is 0.629. The number of hydrogen-bond acceptors (Lipinski definition) is 4. The lowest BCUT2D eigenvalue weighted by Crippen LogP contribution is -2.40. The molecular formula is C22H24N2O3. The molecule has 27 heavy (non-hydrogen) atoms. The smallest absolute Gasteiger partial charge is 0.316 e. The minimum Gasteiger partial charge on any atom is -0.316 e. The van der Waals surface area contributed by atoms with Crippen LogP contribution in [-0.4, -0.2) is 28.7 Å². The van der Waals surface area contributed by atoms with E-state index in [1.807, 2.05) is 48.5 Å². The fourth-order valence-corrected chi connectivity index (χ4v) is 2.53. The van der Waals surface area contributed by atoms with Gasteiger partial charge >= 0.3 is 5.97 Å². The van der Waals surface area contributed by atoms with Gasteiger partial charge in [0.2, 0.25) is 0 Å². The molecule has 3 rings (SSSR count). The Kier molecular flexibility index (Phi) is 5.40. The first-order valence-electron chi connectivity index (χ1n) is 9.11. The third-order valence-electron chi connectivity index (χ3n) is 4.24. The second kappa shape index (κ2) is 7.74. The van der Waals surface area contributed by atoms with Crippen LogP contribution in [0.15, 0.2) is 65.8 Å². The zero-order chi connectivity index (χ0) is 19.4. The summed E-state index contributed by atoms with van der Waals surface area (Å²) in [6.45, 7) is 5.29. The fraction of sp³-hybridized carbons (Fsp3) is 0.318. The van der Waals surface area contributed by atoms with E-state index < -0.39 is 11.4 Å². The van der Waals surface area contributed by atoms with Gasteiger partial charge in [-0.2, -0.15) is 0 Å². The Morgan fingerprint density at radius 3 is 1.93 bits per heavy atom. The molecule has 1 aliphatic rings. The standard InChI is InChI=1S/C22H24N2O3/c1-22(2,3)21(26)27-23-19(16-10-6-4-7-11-16)24(18-14-15-18)20(25)17-12-8-5-9-13-17/h4-13,18H,14-15H2,1-3H3/b23-19+. The van der Waals surface area contributed by atoms with Gasteiger partial charge in [0.1, 0.15) is 0 Å². The SMILES string of the molecule is CC(C)(C)C(=O)O/N=C(\c1ccccc1)N(C(=O)c1ccccc1)C1CC1. The van der Waals surface area contributed by atoms with E-state index in [0.29, 0.717) is 11.4 Å². The number of benzene rings is 2. The predicted octanol–water partition coefficient (Wildman–Crippen LogP) is 4.24. The Labute approximate surface area is 159 Å². The largest absolute Gasteiger partial charge is 0.340 e. The number of carbonyl (C=O) groups excluding carboxylic acids is 2. The number of nitrogens with zero attached hydrogens (tertiary/aromatic N) is 2. The molecule has 1 amide bonds. The van der Waals surface area contributed by atoms with Gasteiger partial charge in [0, 0.05) is 17.2 Å². The zero-order valence-electron chi connectivity index (χ0n) is 15.9. The average Bonchev–Trinajstić information content (AvgIpc) is 3.50. The molecule has 2 aromatic carbocycles. The van der Waals surface area contributed by atoms with Crippen molar-refractivity contribution in [2.45, 2.75) is 39.7 Å². The first-order chi connectivity index (χ1) is 12.9. The van der Waals surface area contributed by atoms with E-state index in [1.54, 1.807) is 37.8 Å². The lowest BCUT2D eigenvalue weighted by Gasteiger charge is -2.24. The molecule has 5 nitrogen and oxygen atoms in total. The van der Waals surface area contributed by atoms with E-state index in [2.05, 4.69) is 5.16 Å². The van der Waals surface area contributed by atoms with Gasteiger partial charge in [-0.1, -0.05) is 53.7 Å². The van der Waals surface area contributed by atoms with Crippen molar-refractivity contribution in [3.8, 4) is 0 Å². The third-order valence-corrected chi connectivity index (χ3v) is 4.24. The van der Waals surface area contributed by atoms with Gasteiger partial charge in [0.25, 0.3) is 5.91 Å². The van der Waals surface area contributed by atoms with Crippen LogP contribution in [0.1, 0.15) is 49.5 Å². The van der Waals surface area contributed by atoms with Crippen molar-refractivity contribution in [3.63, 3.8) is 0 Å². The molecule has 0 N–H and O–H groups in total. The van der Waals surface area contributed by atoms with Gasteiger partial charge in [-0.05, 0) is 45.7 Å². The lowest BCUT2D eigenvalue weighted by atomic mass is 9.98. The zero-order valence-corrected chi connectivity index (χ0v) is 15.9. The van der Waals surface area contributed by atoms with Crippen molar-refractivity contribution >= 4 is 17.7 Å². The van der Waals surface area contributed by atoms with Gasteiger partial charge in [0.15, 0.2) is 5.84 Å². The maximum Gasteiger partial charge on any atom is 0.340 e. The molecule has 1 fully saturated rings. The topological polar surface area (TPSA) is 59.0 Å². The van der Waals surface area contributed by atoms with Crippen LogP contribution < -0.4 is 0 Å². The maximum absolute atomic E-state index is 13.2. The van der Waals surface area contributed by atoms with Crippen LogP contribution in [0.4, 0.5) is 0 Å². The number of rotatable bonds is 4. The first kappa shape index (κ1) is 18.8. The van der Waals surface area contributed by atoms with Gasteiger partial charge in [-0.15, -0.1) is 0 Å². The van der Waals surface area contributed by atoms with E-state index in [1.165, 1.54) is 0 Å². The molecule has 0 heterocycles. The van der Waals surface area contributed by atoms with Crippen LogP contribution in [0, 0.1) is 5.41 Å². The van der Waals surface area contributed by atoms with Crippen molar-refractivity contribution in [2.24, 2.45) is 10.6 Å². The Balaban J connectivity index is 1.99. The normalized spacial score (nSPS) is 14.6. The van der Waals surface area contributed by atoms with Crippen molar-refractivity contribution < 1.29 is 14.4 Å². The molecule has 2 aromatic rings. The summed E-state index contributed by atoms with van der Waals surface area (Å²) in [4.78, 5) is 32.3. The van der Waals surface area contributed by atoms with Crippen LogP contribution >= 0.6 is 0 Å². The second-order valence-electron chi connectivity index (χ2n) is 7.68. The van der Waals surface area contributed by atoms with Crippen LogP contribution in [0.25, 0.3) is 0 Å². The number of carbonyl (C=O) groups is 2. The van der Waals surface area contributed by atoms with Gasteiger partial charge < -0.3 is 4.84 Å². The van der Waals surface area contributed by atoms with Gasteiger partial charge in [-0.3, -0.25) is 9.69 Å². The highest BCUT2D eigenvalue weighted by molar-refractivity contribution is 6.13. The second-order valence-corrected chi connectivity index (χ2v) is 7.68. The van der Waals surface area contributed by atoms with E-state index >= 15 is 0 Å². The third kappa shape index (κ3) is 4.61. The van der Waals surface area contributed by atoms with Crippen molar-refractivity contribution in [3.05, 3.63) is 71.8 Å². The average molecular weight is 364 g/mol. The molecular weight excluding hydrogens is 340 g/mol.